The zero-order valence-electron chi connectivity index (χ0n) is 8.99. The molecule has 0 aliphatic carbocycles. The van der Waals surface area contributed by atoms with Crippen LogP contribution in [0.3, 0.4) is 0 Å². The van der Waals surface area contributed by atoms with Crippen LogP contribution < -0.4 is 11.3 Å². The Balaban J connectivity index is 2.17. The molecule has 0 amide bonds. The van der Waals surface area contributed by atoms with Crippen molar-refractivity contribution in [3.05, 3.63) is 27.1 Å². The average Bonchev–Trinajstić information content (AvgIpc) is 2.27. The summed E-state index contributed by atoms with van der Waals surface area (Å²) in [5.41, 5.74) is 6.24. The molecule has 0 spiro atoms. The predicted molar refractivity (Wildman–Crippen MR) is 66.4 cm³/mol. The van der Waals surface area contributed by atoms with Crippen LogP contribution in [-0.4, -0.2) is 17.3 Å². The van der Waals surface area contributed by atoms with Crippen molar-refractivity contribution in [3.63, 3.8) is 0 Å². The Labute approximate surface area is 103 Å². The monoisotopic (exact) mass is 286 g/mol. The summed E-state index contributed by atoms with van der Waals surface area (Å²) in [6.07, 6.45) is 5.11. The average molecular weight is 287 g/mol. The van der Waals surface area contributed by atoms with Crippen LogP contribution in [0.5, 0.6) is 0 Å². The van der Waals surface area contributed by atoms with Crippen LogP contribution in [0.4, 0.5) is 5.69 Å². The van der Waals surface area contributed by atoms with Gasteiger partial charge in [-0.25, -0.2) is 0 Å². The van der Waals surface area contributed by atoms with E-state index in [9.17, 15) is 4.79 Å². The minimum atomic E-state index is -0.0524. The molecule has 2 heterocycles. The molecule has 0 bridgehead atoms. The van der Waals surface area contributed by atoms with E-state index >= 15 is 0 Å². The van der Waals surface area contributed by atoms with Crippen molar-refractivity contribution in [2.24, 2.45) is 0 Å². The third-order valence-electron chi connectivity index (χ3n) is 2.74. The Morgan fingerprint density at radius 1 is 1.56 bits per heavy atom. The number of halogens is 1. The molecular weight excluding hydrogens is 272 g/mol. The fraction of sp³-hybridized carbons (Fsp3) is 0.545. The van der Waals surface area contributed by atoms with Crippen molar-refractivity contribution < 1.29 is 4.74 Å². The van der Waals surface area contributed by atoms with Gasteiger partial charge in [0.25, 0.3) is 5.56 Å². The molecule has 1 saturated heterocycles. The minimum Gasteiger partial charge on any atom is -0.398 e. The Kier molecular flexibility index (Phi) is 3.66. The molecule has 0 aromatic carbocycles. The molecule has 0 saturated carbocycles. The number of nitrogens with zero attached hydrogens (tertiary/aromatic N) is 1. The number of ether oxygens (including phenoxy) is 1. The summed E-state index contributed by atoms with van der Waals surface area (Å²) in [4.78, 5) is 11.8. The molecule has 88 valence electrons. The molecule has 1 aliphatic rings. The highest BCUT2D eigenvalue weighted by Crippen LogP contribution is 2.15. The first kappa shape index (κ1) is 11.7. The van der Waals surface area contributed by atoms with Crippen molar-refractivity contribution in [1.82, 2.24) is 4.57 Å². The van der Waals surface area contributed by atoms with Crippen molar-refractivity contribution in [2.45, 2.75) is 31.9 Å². The first-order valence-corrected chi connectivity index (χ1v) is 6.23. The SMILES string of the molecule is Nc1cc(Br)c(=O)n(CC2CCCCO2)c1. The van der Waals surface area contributed by atoms with E-state index in [1.165, 1.54) is 6.42 Å². The standard InChI is InChI=1S/C11H15BrN2O2/c12-10-5-8(13)6-14(11(10)15)7-9-3-1-2-4-16-9/h5-6,9H,1-4,7,13H2. The summed E-state index contributed by atoms with van der Waals surface area (Å²) < 4.78 is 7.72. The summed E-state index contributed by atoms with van der Waals surface area (Å²) in [7, 11) is 0. The zero-order chi connectivity index (χ0) is 11.5. The molecular formula is C11H15BrN2O2. The first-order chi connectivity index (χ1) is 7.66. The van der Waals surface area contributed by atoms with E-state index < -0.39 is 0 Å². The van der Waals surface area contributed by atoms with E-state index in [1.54, 1.807) is 16.8 Å². The highest BCUT2D eigenvalue weighted by molar-refractivity contribution is 9.10. The summed E-state index contributed by atoms with van der Waals surface area (Å²) >= 11 is 3.21. The third kappa shape index (κ3) is 2.65. The summed E-state index contributed by atoms with van der Waals surface area (Å²) in [6.45, 7) is 1.38. The molecule has 1 unspecified atom stereocenters. The van der Waals surface area contributed by atoms with Crippen LogP contribution in [0.15, 0.2) is 21.5 Å². The van der Waals surface area contributed by atoms with Crippen molar-refractivity contribution in [2.75, 3.05) is 12.3 Å². The van der Waals surface area contributed by atoms with E-state index in [4.69, 9.17) is 10.5 Å². The van der Waals surface area contributed by atoms with Crippen molar-refractivity contribution in [3.8, 4) is 0 Å². The van der Waals surface area contributed by atoms with Gasteiger partial charge in [-0.15, -0.1) is 0 Å². The van der Waals surface area contributed by atoms with Crippen LogP contribution in [0.25, 0.3) is 0 Å². The molecule has 5 heteroatoms. The fourth-order valence-electron chi connectivity index (χ4n) is 1.93. The van der Waals surface area contributed by atoms with E-state index in [-0.39, 0.29) is 11.7 Å². The maximum atomic E-state index is 11.8. The molecule has 0 radical (unpaired) electrons. The van der Waals surface area contributed by atoms with Crippen LogP contribution in [-0.2, 0) is 11.3 Å². The normalized spacial score (nSPS) is 20.9. The van der Waals surface area contributed by atoms with Gasteiger partial charge in [0.1, 0.15) is 0 Å². The van der Waals surface area contributed by atoms with Gasteiger partial charge < -0.3 is 15.0 Å². The zero-order valence-corrected chi connectivity index (χ0v) is 10.6. The number of rotatable bonds is 2. The lowest BCUT2D eigenvalue weighted by molar-refractivity contribution is 0.00543. The van der Waals surface area contributed by atoms with Gasteiger partial charge in [-0.3, -0.25) is 4.79 Å². The van der Waals surface area contributed by atoms with Gasteiger partial charge in [-0.2, -0.15) is 0 Å². The van der Waals surface area contributed by atoms with Gasteiger partial charge >= 0.3 is 0 Å². The molecule has 2 N–H and O–H groups in total. The van der Waals surface area contributed by atoms with Crippen LogP contribution in [0, 0.1) is 0 Å². The smallest absolute Gasteiger partial charge is 0.265 e. The summed E-state index contributed by atoms with van der Waals surface area (Å²) in [5.74, 6) is 0. The molecule has 1 atom stereocenters. The molecule has 4 nitrogen and oxygen atoms in total. The maximum absolute atomic E-state index is 11.8. The molecule has 2 rings (SSSR count). The van der Waals surface area contributed by atoms with Gasteiger partial charge in [-0.1, -0.05) is 0 Å². The Bertz CT molecular complexity index is 424. The number of nitrogens with two attached hydrogens (primary N) is 1. The predicted octanol–water partition coefficient (Wildman–Crippen LogP) is 1.76. The minimum absolute atomic E-state index is 0.0524. The molecule has 1 fully saturated rings. The number of anilines is 1. The fourth-order valence-corrected chi connectivity index (χ4v) is 2.42. The lowest BCUT2D eigenvalue weighted by Gasteiger charge is -2.23. The third-order valence-corrected chi connectivity index (χ3v) is 3.31. The topological polar surface area (TPSA) is 57.2 Å². The Morgan fingerprint density at radius 2 is 2.38 bits per heavy atom. The first-order valence-electron chi connectivity index (χ1n) is 5.44. The summed E-state index contributed by atoms with van der Waals surface area (Å²) in [5, 5.41) is 0. The number of nitrogen functional groups attached to an aromatic ring is 1. The van der Waals surface area contributed by atoms with E-state index in [1.807, 2.05) is 0 Å². The van der Waals surface area contributed by atoms with E-state index in [2.05, 4.69) is 15.9 Å². The van der Waals surface area contributed by atoms with Gasteiger partial charge in [-0.05, 0) is 41.3 Å². The van der Waals surface area contributed by atoms with Gasteiger partial charge in [0.05, 0.1) is 17.1 Å². The Morgan fingerprint density at radius 3 is 3.06 bits per heavy atom. The number of aromatic nitrogens is 1. The van der Waals surface area contributed by atoms with Crippen molar-refractivity contribution in [1.29, 1.82) is 0 Å². The van der Waals surface area contributed by atoms with E-state index in [0.717, 1.165) is 19.4 Å². The Hall–Kier alpha value is -0.810. The van der Waals surface area contributed by atoms with Crippen LogP contribution in [0.1, 0.15) is 19.3 Å². The number of hydrogen-bond donors (Lipinski definition) is 1. The van der Waals surface area contributed by atoms with Gasteiger partial charge in [0.2, 0.25) is 0 Å². The second-order valence-corrected chi connectivity index (χ2v) is 4.92. The number of hydrogen-bond acceptors (Lipinski definition) is 3. The van der Waals surface area contributed by atoms with Gasteiger partial charge in [0, 0.05) is 18.5 Å². The molecule has 1 aromatic heterocycles. The van der Waals surface area contributed by atoms with Crippen LogP contribution >= 0.6 is 15.9 Å². The quantitative estimate of drug-likeness (QED) is 0.901. The lowest BCUT2D eigenvalue weighted by atomic mass is 10.1. The largest absolute Gasteiger partial charge is 0.398 e. The lowest BCUT2D eigenvalue weighted by Crippen LogP contribution is -2.30. The molecule has 1 aliphatic heterocycles. The highest BCUT2D eigenvalue weighted by Gasteiger charge is 2.15. The maximum Gasteiger partial charge on any atom is 0.265 e. The highest BCUT2D eigenvalue weighted by atomic mass is 79.9. The van der Waals surface area contributed by atoms with E-state index in [0.29, 0.717) is 16.7 Å². The molecule has 1 aromatic rings. The number of pyridine rings is 1. The van der Waals surface area contributed by atoms with Crippen LogP contribution in [0.2, 0.25) is 0 Å². The second kappa shape index (κ2) is 5.01. The van der Waals surface area contributed by atoms with Gasteiger partial charge in [0.15, 0.2) is 0 Å². The second-order valence-electron chi connectivity index (χ2n) is 4.07. The summed E-state index contributed by atoms with van der Waals surface area (Å²) in [6, 6.07) is 1.63. The van der Waals surface area contributed by atoms with Crippen molar-refractivity contribution >= 4 is 21.6 Å². The molecule has 16 heavy (non-hydrogen) atoms.